The lowest BCUT2D eigenvalue weighted by atomic mass is 10.2. The SMILES string of the molecule is COc1cccc(COc2cc[c]cc2)c1F. The summed E-state index contributed by atoms with van der Waals surface area (Å²) in [5.74, 6) is 0.538. The Morgan fingerprint density at radius 1 is 1.18 bits per heavy atom. The summed E-state index contributed by atoms with van der Waals surface area (Å²) >= 11 is 0. The molecule has 0 aromatic heterocycles. The first-order chi connectivity index (χ1) is 8.31. The van der Waals surface area contributed by atoms with E-state index in [0.717, 1.165) is 0 Å². The van der Waals surface area contributed by atoms with Crippen LogP contribution in [0.25, 0.3) is 0 Å². The summed E-state index contributed by atoms with van der Waals surface area (Å²) in [4.78, 5) is 0. The van der Waals surface area contributed by atoms with E-state index in [2.05, 4.69) is 6.07 Å². The molecule has 0 unspecified atom stereocenters. The molecule has 3 heteroatoms. The van der Waals surface area contributed by atoms with E-state index in [-0.39, 0.29) is 18.2 Å². The van der Waals surface area contributed by atoms with Crippen molar-refractivity contribution in [2.24, 2.45) is 0 Å². The second kappa shape index (κ2) is 5.34. The standard InChI is InChI=1S/C14H12FO2/c1-16-13-9-5-6-11(14(13)15)10-17-12-7-3-2-4-8-12/h3-9H,10H2,1H3. The molecule has 87 valence electrons. The summed E-state index contributed by atoms with van der Waals surface area (Å²) in [6, 6.07) is 14.9. The third-order valence-electron chi connectivity index (χ3n) is 2.35. The second-order valence-electron chi connectivity index (χ2n) is 3.46. The first kappa shape index (κ1) is 11.5. The molecular formula is C14H12FO2. The third-order valence-corrected chi connectivity index (χ3v) is 2.35. The van der Waals surface area contributed by atoms with Crippen LogP contribution in [0.4, 0.5) is 4.39 Å². The number of benzene rings is 2. The van der Waals surface area contributed by atoms with E-state index in [1.807, 2.05) is 0 Å². The number of hydrogen-bond donors (Lipinski definition) is 0. The Kier molecular flexibility index (Phi) is 3.60. The van der Waals surface area contributed by atoms with Crippen LogP contribution in [-0.4, -0.2) is 7.11 Å². The summed E-state index contributed by atoms with van der Waals surface area (Å²) in [5, 5.41) is 0. The van der Waals surface area contributed by atoms with Gasteiger partial charge in [0.1, 0.15) is 12.4 Å². The maximum atomic E-state index is 13.8. The summed E-state index contributed by atoms with van der Waals surface area (Å²) < 4.78 is 24.1. The zero-order valence-electron chi connectivity index (χ0n) is 9.44. The zero-order chi connectivity index (χ0) is 12.1. The maximum absolute atomic E-state index is 13.8. The molecule has 2 aromatic rings. The van der Waals surface area contributed by atoms with Crippen LogP contribution in [-0.2, 0) is 6.61 Å². The molecule has 2 rings (SSSR count). The Hall–Kier alpha value is -2.03. The van der Waals surface area contributed by atoms with Gasteiger partial charge in [0.2, 0.25) is 0 Å². The van der Waals surface area contributed by atoms with Crippen molar-refractivity contribution in [3.8, 4) is 11.5 Å². The number of rotatable bonds is 4. The molecule has 0 atom stereocenters. The van der Waals surface area contributed by atoms with Crippen molar-refractivity contribution in [1.29, 1.82) is 0 Å². The van der Waals surface area contributed by atoms with Crippen LogP contribution in [0.15, 0.2) is 42.5 Å². The Bertz CT molecular complexity index is 483. The highest BCUT2D eigenvalue weighted by Gasteiger charge is 2.08. The van der Waals surface area contributed by atoms with Crippen LogP contribution in [0.5, 0.6) is 11.5 Å². The van der Waals surface area contributed by atoms with Crippen molar-refractivity contribution in [3.63, 3.8) is 0 Å². The quantitative estimate of drug-likeness (QED) is 0.804. The molecule has 1 radical (unpaired) electrons. The Balaban J connectivity index is 2.09. The minimum atomic E-state index is -0.377. The van der Waals surface area contributed by atoms with Gasteiger partial charge in [-0.05, 0) is 24.3 Å². The Labute approximate surface area is 99.6 Å². The zero-order valence-corrected chi connectivity index (χ0v) is 9.44. The van der Waals surface area contributed by atoms with Gasteiger partial charge < -0.3 is 9.47 Å². The van der Waals surface area contributed by atoms with Gasteiger partial charge in [-0.1, -0.05) is 24.3 Å². The van der Waals surface area contributed by atoms with Crippen molar-refractivity contribution in [2.75, 3.05) is 7.11 Å². The first-order valence-corrected chi connectivity index (χ1v) is 5.21. The molecule has 0 N–H and O–H groups in total. The van der Waals surface area contributed by atoms with Gasteiger partial charge in [-0.15, -0.1) is 0 Å². The smallest absolute Gasteiger partial charge is 0.171 e. The average molecular weight is 231 g/mol. The number of ether oxygens (including phenoxy) is 2. The molecule has 0 aliphatic heterocycles. The van der Waals surface area contributed by atoms with Crippen molar-refractivity contribution in [3.05, 3.63) is 59.9 Å². The van der Waals surface area contributed by atoms with Gasteiger partial charge >= 0.3 is 0 Å². The average Bonchev–Trinajstić information content (AvgIpc) is 2.39. The fourth-order valence-corrected chi connectivity index (χ4v) is 1.45. The van der Waals surface area contributed by atoms with E-state index in [1.165, 1.54) is 7.11 Å². The van der Waals surface area contributed by atoms with E-state index in [4.69, 9.17) is 9.47 Å². The highest BCUT2D eigenvalue weighted by Crippen LogP contribution is 2.21. The molecule has 0 heterocycles. The van der Waals surface area contributed by atoms with Crippen LogP contribution >= 0.6 is 0 Å². The fourth-order valence-electron chi connectivity index (χ4n) is 1.45. The van der Waals surface area contributed by atoms with Crippen LogP contribution in [0.2, 0.25) is 0 Å². The summed E-state index contributed by atoms with van der Waals surface area (Å²) in [6.07, 6.45) is 0. The van der Waals surface area contributed by atoms with Crippen LogP contribution in [0, 0.1) is 11.9 Å². The molecule has 17 heavy (non-hydrogen) atoms. The topological polar surface area (TPSA) is 18.5 Å². The predicted molar refractivity (Wildman–Crippen MR) is 62.6 cm³/mol. The van der Waals surface area contributed by atoms with Crippen molar-refractivity contribution in [2.45, 2.75) is 6.61 Å². The van der Waals surface area contributed by atoms with E-state index in [1.54, 1.807) is 42.5 Å². The molecule has 2 aromatic carbocycles. The van der Waals surface area contributed by atoms with E-state index in [9.17, 15) is 4.39 Å². The van der Waals surface area contributed by atoms with E-state index >= 15 is 0 Å². The van der Waals surface area contributed by atoms with Crippen molar-refractivity contribution in [1.82, 2.24) is 0 Å². The molecule has 0 amide bonds. The second-order valence-corrected chi connectivity index (χ2v) is 3.46. The predicted octanol–water partition coefficient (Wildman–Crippen LogP) is 3.21. The van der Waals surface area contributed by atoms with E-state index < -0.39 is 0 Å². The lowest BCUT2D eigenvalue weighted by molar-refractivity contribution is 0.295. The lowest BCUT2D eigenvalue weighted by Crippen LogP contribution is -2.00. The lowest BCUT2D eigenvalue weighted by Gasteiger charge is -2.09. The van der Waals surface area contributed by atoms with Gasteiger partial charge in [-0.2, -0.15) is 0 Å². The van der Waals surface area contributed by atoms with Crippen LogP contribution < -0.4 is 9.47 Å². The molecular weight excluding hydrogens is 219 g/mol. The first-order valence-electron chi connectivity index (χ1n) is 5.21. The van der Waals surface area contributed by atoms with Crippen molar-refractivity contribution >= 4 is 0 Å². The molecule has 0 saturated carbocycles. The highest BCUT2D eigenvalue weighted by atomic mass is 19.1. The van der Waals surface area contributed by atoms with Crippen molar-refractivity contribution < 1.29 is 13.9 Å². The highest BCUT2D eigenvalue weighted by molar-refractivity contribution is 5.31. The minimum Gasteiger partial charge on any atom is -0.494 e. The molecule has 2 nitrogen and oxygen atoms in total. The van der Waals surface area contributed by atoms with Crippen LogP contribution in [0.1, 0.15) is 5.56 Å². The Morgan fingerprint density at radius 2 is 1.94 bits per heavy atom. The van der Waals surface area contributed by atoms with Gasteiger partial charge in [0.05, 0.1) is 7.11 Å². The Morgan fingerprint density at radius 3 is 2.65 bits per heavy atom. The van der Waals surface area contributed by atoms with Gasteiger partial charge in [-0.3, -0.25) is 0 Å². The summed E-state index contributed by atoms with van der Waals surface area (Å²) in [5.41, 5.74) is 0.470. The van der Waals surface area contributed by atoms with Gasteiger partial charge in [0, 0.05) is 5.56 Å². The summed E-state index contributed by atoms with van der Waals surface area (Å²) in [6.45, 7) is 0.174. The molecule has 0 aliphatic carbocycles. The number of halogens is 1. The fraction of sp³-hybridized carbons (Fsp3) is 0.143. The van der Waals surface area contributed by atoms with Gasteiger partial charge in [-0.25, -0.2) is 4.39 Å². The maximum Gasteiger partial charge on any atom is 0.171 e. The molecule has 0 saturated heterocycles. The molecule has 0 fully saturated rings. The van der Waals surface area contributed by atoms with E-state index in [0.29, 0.717) is 11.3 Å². The monoisotopic (exact) mass is 231 g/mol. The largest absolute Gasteiger partial charge is 0.494 e. The number of hydrogen-bond acceptors (Lipinski definition) is 2. The van der Waals surface area contributed by atoms with Gasteiger partial charge in [0.25, 0.3) is 0 Å². The third kappa shape index (κ3) is 2.75. The normalized spacial score (nSPS) is 10.0. The number of methoxy groups -OCH3 is 1. The molecule has 0 bridgehead atoms. The van der Waals surface area contributed by atoms with Gasteiger partial charge in [0.15, 0.2) is 11.6 Å². The molecule has 0 spiro atoms. The minimum absolute atomic E-state index is 0.174. The summed E-state index contributed by atoms with van der Waals surface area (Å²) in [7, 11) is 1.44. The molecule has 0 aliphatic rings. The van der Waals surface area contributed by atoms with Crippen LogP contribution in [0.3, 0.4) is 0 Å².